The van der Waals surface area contributed by atoms with Gasteiger partial charge in [0.2, 0.25) is 0 Å². The van der Waals surface area contributed by atoms with Crippen LogP contribution >= 0.6 is 24.1 Å². The first-order chi connectivity index (χ1) is 19.3. The Labute approximate surface area is 253 Å². The molecule has 0 aromatic rings. The van der Waals surface area contributed by atoms with Gasteiger partial charge in [0.1, 0.15) is 0 Å². The van der Waals surface area contributed by atoms with Gasteiger partial charge in [-0.2, -0.15) is 0 Å². The molecule has 5 heteroatoms. The highest BCUT2D eigenvalue weighted by Crippen LogP contribution is 2.38. The number of hydrogen-bond donors (Lipinski definition) is 0. The van der Waals surface area contributed by atoms with Crippen molar-refractivity contribution in [1.29, 1.82) is 0 Å². The average Bonchev–Trinajstić information content (AvgIpc) is 3.86. The van der Waals surface area contributed by atoms with E-state index in [9.17, 15) is 0 Å². The summed E-state index contributed by atoms with van der Waals surface area (Å²) in [4.78, 5) is 0. The summed E-state index contributed by atoms with van der Waals surface area (Å²) in [5.41, 5.74) is 0. The Morgan fingerprint density at radius 1 is 0.462 bits per heavy atom. The van der Waals surface area contributed by atoms with Crippen molar-refractivity contribution in [3.8, 4) is 0 Å². The first kappa shape index (κ1) is 35.8. The third-order valence-corrected chi connectivity index (χ3v) is 10.8. The second-order valence-electron chi connectivity index (χ2n) is 12.4. The van der Waals surface area contributed by atoms with E-state index in [1.54, 1.807) is 24.1 Å². The van der Waals surface area contributed by atoms with Crippen LogP contribution in [0.4, 0.5) is 0 Å². The highest BCUT2D eigenvalue weighted by molar-refractivity contribution is 8.08. The van der Waals surface area contributed by atoms with E-state index in [1.165, 1.54) is 167 Å². The standard InChI is InChI=1S/C34H66O3S2/c1-3-5-7-9-11-13-15-17-19-21-23-25-27-33(31-29-35-31)38-37-39-34(32-30-36-32)28-26-24-22-20-18-16-14-12-10-8-6-4-2/h31-34H,3-30H2,1-2H3. The minimum atomic E-state index is 0.426. The SMILES string of the molecule is CCCCCCCCCCCCCCC(SOSC(CCCCCCCCCCCCCC)C1CO1)C1CO1. The number of ether oxygens (including phenoxy) is 2. The molecule has 0 bridgehead atoms. The lowest BCUT2D eigenvalue weighted by atomic mass is 10.0. The lowest BCUT2D eigenvalue weighted by Gasteiger charge is -2.16. The first-order valence-electron chi connectivity index (χ1n) is 17.6. The van der Waals surface area contributed by atoms with Gasteiger partial charge in [-0.3, -0.25) is 0 Å². The zero-order valence-corrected chi connectivity index (χ0v) is 27.8. The molecule has 4 atom stereocenters. The van der Waals surface area contributed by atoms with Gasteiger partial charge >= 0.3 is 0 Å². The Morgan fingerprint density at radius 3 is 0.974 bits per heavy atom. The van der Waals surface area contributed by atoms with Gasteiger partial charge in [-0.1, -0.05) is 168 Å². The Balaban J connectivity index is 1.40. The van der Waals surface area contributed by atoms with Gasteiger partial charge < -0.3 is 9.47 Å². The van der Waals surface area contributed by atoms with Crippen LogP contribution in [-0.2, 0) is 13.1 Å². The molecule has 0 aromatic carbocycles. The second kappa shape index (κ2) is 26.2. The summed E-state index contributed by atoms with van der Waals surface area (Å²) < 4.78 is 17.5. The Bertz CT molecular complexity index is 469. The van der Waals surface area contributed by atoms with Crippen molar-refractivity contribution in [2.75, 3.05) is 13.2 Å². The quantitative estimate of drug-likeness (QED) is 0.0445. The zero-order chi connectivity index (χ0) is 27.6. The van der Waals surface area contributed by atoms with Gasteiger partial charge in [0, 0.05) is 24.1 Å². The smallest absolute Gasteiger partial charge is 0.0950 e. The zero-order valence-electron chi connectivity index (χ0n) is 26.1. The molecular formula is C34H66O3S2. The van der Waals surface area contributed by atoms with Crippen LogP contribution in [0, 0.1) is 0 Å². The highest BCUT2D eigenvalue weighted by Gasteiger charge is 2.36. The van der Waals surface area contributed by atoms with Gasteiger partial charge in [-0.15, -0.1) is 0 Å². The van der Waals surface area contributed by atoms with Crippen molar-refractivity contribution in [1.82, 2.24) is 0 Å². The summed E-state index contributed by atoms with van der Waals surface area (Å²) in [7, 11) is 0. The predicted molar refractivity (Wildman–Crippen MR) is 175 cm³/mol. The molecule has 2 heterocycles. The molecule has 39 heavy (non-hydrogen) atoms. The summed E-state index contributed by atoms with van der Waals surface area (Å²) >= 11 is 3.38. The minimum absolute atomic E-state index is 0.426. The second-order valence-corrected chi connectivity index (χ2v) is 14.6. The Kier molecular flexibility index (Phi) is 24.1. The average molecular weight is 587 g/mol. The Hall–Kier alpha value is 0.580. The topological polar surface area (TPSA) is 34.3 Å². The van der Waals surface area contributed by atoms with Gasteiger partial charge in [0.15, 0.2) is 0 Å². The van der Waals surface area contributed by atoms with Gasteiger partial charge in [-0.05, 0) is 12.8 Å². The fourth-order valence-corrected chi connectivity index (χ4v) is 7.71. The van der Waals surface area contributed by atoms with E-state index in [2.05, 4.69) is 13.8 Å². The molecular weight excluding hydrogens is 521 g/mol. The van der Waals surface area contributed by atoms with E-state index in [1.807, 2.05) is 0 Å². The van der Waals surface area contributed by atoms with E-state index in [0.29, 0.717) is 22.7 Å². The molecule has 2 rings (SSSR count). The molecule has 2 aliphatic rings. The van der Waals surface area contributed by atoms with Crippen molar-refractivity contribution in [3.63, 3.8) is 0 Å². The molecule has 0 amide bonds. The molecule has 0 saturated carbocycles. The largest absolute Gasteiger partial charge is 0.372 e. The minimum Gasteiger partial charge on any atom is -0.372 e. The summed E-state index contributed by atoms with van der Waals surface area (Å²) in [6, 6.07) is 0. The van der Waals surface area contributed by atoms with Crippen molar-refractivity contribution < 1.29 is 13.1 Å². The fourth-order valence-electron chi connectivity index (χ4n) is 5.63. The van der Waals surface area contributed by atoms with Crippen LogP contribution in [0.1, 0.15) is 181 Å². The lowest BCUT2D eigenvalue weighted by molar-refractivity contribution is 0.387. The maximum Gasteiger partial charge on any atom is 0.0950 e. The molecule has 2 aliphatic heterocycles. The van der Waals surface area contributed by atoms with Crippen LogP contribution in [0.2, 0.25) is 0 Å². The monoisotopic (exact) mass is 586 g/mol. The van der Waals surface area contributed by atoms with Crippen LogP contribution < -0.4 is 0 Å². The summed E-state index contributed by atoms with van der Waals surface area (Å²) in [5.74, 6) is 0. The summed E-state index contributed by atoms with van der Waals surface area (Å²) in [5, 5.41) is 1.01. The normalized spacial score (nSPS) is 19.8. The van der Waals surface area contributed by atoms with Crippen molar-refractivity contribution in [3.05, 3.63) is 0 Å². The van der Waals surface area contributed by atoms with E-state index in [-0.39, 0.29) is 0 Å². The highest BCUT2D eigenvalue weighted by atomic mass is 32.2. The molecule has 0 N–H and O–H groups in total. The molecule has 4 unspecified atom stereocenters. The van der Waals surface area contributed by atoms with Crippen LogP contribution in [0.15, 0.2) is 0 Å². The lowest BCUT2D eigenvalue weighted by Crippen LogP contribution is -2.14. The number of hydrogen-bond acceptors (Lipinski definition) is 5. The third-order valence-electron chi connectivity index (χ3n) is 8.56. The summed E-state index contributed by atoms with van der Waals surface area (Å²) in [6.45, 7) is 6.45. The third kappa shape index (κ3) is 21.9. The van der Waals surface area contributed by atoms with Crippen molar-refractivity contribution in [2.24, 2.45) is 0 Å². The maximum atomic E-state index is 6.15. The molecule has 0 spiro atoms. The summed E-state index contributed by atoms with van der Waals surface area (Å²) in [6.07, 6.45) is 37.2. The predicted octanol–water partition coefficient (Wildman–Crippen LogP) is 12.0. The fraction of sp³-hybridized carbons (Fsp3) is 1.00. The molecule has 232 valence electrons. The van der Waals surface area contributed by atoms with Crippen LogP contribution in [-0.4, -0.2) is 35.9 Å². The van der Waals surface area contributed by atoms with E-state index in [4.69, 9.17) is 13.1 Å². The maximum absolute atomic E-state index is 6.15. The molecule has 2 fully saturated rings. The van der Waals surface area contributed by atoms with Crippen LogP contribution in [0.3, 0.4) is 0 Å². The van der Waals surface area contributed by atoms with Gasteiger partial charge in [0.05, 0.1) is 35.9 Å². The van der Waals surface area contributed by atoms with Crippen molar-refractivity contribution >= 4 is 24.1 Å². The van der Waals surface area contributed by atoms with Crippen LogP contribution in [0.5, 0.6) is 0 Å². The molecule has 0 radical (unpaired) electrons. The number of rotatable bonds is 32. The first-order valence-corrected chi connectivity index (χ1v) is 19.2. The van der Waals surface area contributed by atoms with Gasteiger partial charge in [0.25, 0.3) is 0 Å². The molecule has 2 saturated heterocycles. The van der Waals surface area contributed by atoms with E-state index in [0.717, 1.165) is 13.2 Å². The van der Waals surface area contributed by atoms with E-state index < -0.39 is 0 Å². The van der Waals surface area contributed by atoms with Crippen LogP contribution in [0.25, 0.3) is 0 Å². The number of epoxide rings is 2. The van der Waals surface area contributed by atoms with Crippen molar-refractivity contribution in [2.45, 2.75) is 203 Å². The van der Waals surface area contributed by atoms with E-state index >= 15 is 0 Å². The van der Waals surface area contributed by atoms with Gasteiger partial charge in [-0.25, -0.2) is 3.63 Å². The molecule has 0 aromatic heterocycles. The molecule has 0 aliphatic carbocycles. The molecule has 3 nitrogen and oxygen atoms in total. The number of unbranched alkanes of at least 4 members (excludes halogenated alkanes) is 22. The Morgan fingerprint density at radius 2 is 0.718 bits per heavy atom.